The van der Waals surface area contributed by atoms with E-state index in [9.17, 15) is 25.5 Å². The zero-order valence-corrected chi connectivity index (χ0v) is 18.8. The molecule has 166 valence electrons. The number of sulfonamides is 1. The van der Waals surface area contributed by atoms with Crippen molar-refractivity contribution in [2.75, 3.05) is 19.6 Å². The summed E-state index contributed by atoms with van der Waals surface area (Å²) in [6, 6.07) is 11.5. The van der Waals surface area contributed by atoms with Gasteiger partial charge in [0.05, 0.1) is 15.5 Å². The van der Waals surface area contributed by atoms with E-state index in [-0.39, 0.29) is 41.5 Å². The van der Waals surface area contributed by atoms with E-state index in [1.54, 1.807) is 0 Å². The highest BCUT2D eigenvalue weighted by Crippen LogP contribution is 2.29. The summed E-state index contributed by atoms with van der Waals surface area (Å²) in [6.07, 6.45) is 0.565. The third kappa shape index (κ3) is 4.34. The van der Waals surface area contributed by atoms with Crippen molar-refractivity contribution in [2.24, 2.45) is 0 Å². The fraction of sp³-hybridized carbons (Fsp3) is 0.350. The molecule has 1 amide bonds. The van der Waals surface area contributed by atoms with E-state index in [1.165, 1.54) is 27.4 Å². The van der Waals surface area contributed by atoms with Crippen LogP contribution in [0, 0.1) is 0 Å². The van der Waals surface area contributed by atoms with Crippen molar-refractivity contribution in [3.05, 3.63) is 64.2 Å². The van der Waals surface area contributed by atoms with Crippen LogP contribution in [0.1, 0.15) is 27.9 Å². The highest BCUT2D eigenvalue weighted by molar-refractivity contribution is 7.89. The molecule has 0 spiro atoms. The molecule has 0 aromatic heterocycles. The number of amides is 1. The number of nitrogens with zero attached hydrogens (tertiary/aromatic N) is 2. The first-order valence-electron chi connectivity index (χ1n) is 9.66. The monoisotopic (exact) mass is 486 g/mol. The molecule has 2 aromatic rings. The van der Waals surface area contributed by atoms with Crippen molar-refractivity contribution in [3.8, 4) is 0 Å². The molecule has 0 N–H and O–H groups in total. The van der Waals surface area contributed by atoms with Gasteiger partial charge < -0.3 is 4.90 Å². The van der Waals surface area contributed by atoms with Crippen LogP contribution in [0.4, 0.5) is 3.89 Å². The topological polar surface area (TPSA) is 91.8 Å². The molecule has 1 fully saturated rings. The van der Waals surface area contributed by atoms with E-state index >= 15 is 0 Å². The SMILES string of the molecule is O=C(c1cc(S(=O)(=O)N2CCc3ccccc3C2)ccc1Cl)N1CCC(S(=O)(=O)F)C1. The minimum Gasteiger partial charge on any atom is -0.337 e. The van der Waals surface area contributed by atoms with Crippen LogP contribution >= 0.6 is 11.6 Å². The highest BCUT2D eigenvalue weighted by atomic mass is 35.5. The van der Waals surface area contributed by atoms with Crippen molar-refractivity contribution in [3.63, 3.8) is 0 Å². The number of benzene rings is 2. The van der Waals surface area contributed by atoms with Gasteiger partial charge in [-0.2, -0.15) is 12.7 Å². The fourth-order valence-electron chi connectivity index (χ4n) is 3.97. The number of likely N-dealkylation sites (tertiary alicyclic amines) is 1. The van der Waals surface area contributed by atoms with Gasteiger partial charge in [0.2, 0.25) is 10.0 Å². The molecule has 11 heteroatoms. The Kier molecular flexibility index (Phi) is 5.84. The predicted molar refractivity (Wildman–Crippen MR) is 114 cm³/mol. The van der Waals surface area contributed by atoms with Crippen LogP contribution in [0.25, 0.3) is 0 Å². The standard InChI is InChI=1S/C20H20ClFN2O5S2/c21-19-6-5-16(11-18(19)20(25)23-9-8-17(13-23)30(22,26)27)31(28,29)24-10-7-14-3-1-2-4-15(14)12-24/h1-6,11,17H,7-10,12-13H2. The van der Waals surface area contributed by atoms with Crippen LogP contribution in [-0.2, 0) is 33.2 Å². The Balaban J connectivity index is 1.60. The molecule has 0 bridgehead atoms. The van der Waals surface area contributed by atoms with E-state index in [0.29, 0.717) is 13.0 Å². The second-order valence-corrected chi connectivity index (χ2v) is 11.6. The van der Waals surface area contributed by atoms with Gasteiger partial charge in [-0.15, -0.1) is 3.89 Å². The maximum atomic E-state index is 13.3. The van der Waals surface area contributed by atoms with Gasteiger partial charge >= 0.3 is 10.2 Å². The Morgan fingerprint density at radius 3 is 2.42 bits per heavy atom. The number of carbonyl (C=O) groups excluding carboxylic acids is 1. The summed E-state index contributed by atoms with van der Waals surface area (Å²) in [5, 5.41) is -1.24. The van der Waals surface area contributed by atoms with Crippen molar-refractivity contribution in [1.29, 1.82) is 0 Å². The van der Waals surface area contributed by atoms with Crippen molar-refractivity contribution >= 4 is 37.8 Å². The van der Waals surface area contributed by atoms with Crippen molar-refractivity contribution < 1.29 is 25.5 Å². The van der Waals surface area contributed by atoms with Crippen LogP contribution in [0.3, 0.4) is 0 Å². The van der Waals surface area contributed by atoms with Gasteiger partial charge in [-0.05, 0) is 42.2 Å². The molecule has 1 saturated heterocycles. The lowest BCUT2D eigenvalue weighted by Crippen LogP contribution is -2.36. The molecule has 2 aliphatic heterocycles. The Labute approximate surface area is 185 Å². The molecule has 0 aliphatic carbocycles. The lowest BCUT2D eigenvalue weighted by atomic mass is 10.0. The van der Waals surface area contributed by atoms with E-state index in [4.69, 9.17) is 11.6 Å². The molecule has 2 aliphatic rings. The molecule has 7 nitrogen and oxygen atoms in total. The number of hydrogen-bond acceptors (Lipinski definition) is 5. The average Bonchev–Trinajstić information content (AvgIpc) is 3.24. The summed E-state index contributed by atoms with van der Waals surface area (Å²) in [7, 11) is -8.65. The molecular formula is C20H20ClFN2O5S2. The maximum Gasteiger partial charge on any atom is 0.307 e. The maximum absolute atomic E-state index is 13.3. The van der Waals surface area contributed by atoms with Crippen molar-refractivity contribution in [1.82, 2.24) is 9.21 Å². The quantitative estimate of drug-likeness (QED) is 0.619. The summed E-state index contributed by atoms with van der Waals surface area (Å²) < 4.78 is 63.3. The van der Waals surface area contributed by atoms with Gasteiger partial charge in [-0.1, -0.05) is 35.9 Å². The zero-order valence-electron chi connectivity index (χ0n) is 16.4. The Hall–Kier alpha value is -2.01. The Bertz CT molecular complexity index is 1250. The van der Waals surface area contributed by atoms with E-state index in [0.717, 1.165) is 11.1 Å². The summed E-state index contributed by atoms with van der Waals surface area (Å²) in [4.78, 5) is 14.0. The summed E-state index contributed by atoms with van der Waals surface area (Å²) in [5.41, 5.74) is 1.97. The Morgan fingerprint density at radius 1 is 1.03 bits per heavy atom. The second kappa shape index (κ2) is 8.16. The summed E-state index contributed by atoms with van der Waals surface area (Å²) in [5.74, 6) is -0.628. The predicted octanol–water partition coefficient (Wildman–Crippen LogP) is 2.60. The summed E-state index contributed by atoms with van der Waals surface area (Å²) >= 11 is 6.15. The minimum atomic E-state index is -4.76. The average molecular weight is 487 g/mol. The molecule has 2 heterocycles. The van der Waals surface area contributed by atoms with Gasteiger partial charge in [0.15, 0.2) is 0 Å². The minimum absolute atomic E-state index is 0.0205. The summed E-state index contributed by atoms with van der Waals surface area (Å²) in [6.45, 7) is 0.288. The second-order valence-electron chi connectivity index (χ2n) is 7.64. The normalized spacial score (nSPS) is 19.9. The van der Waals surface area contributed by atoms with E-state index in [2.05, 4.69) is 0 Å². The molecule has 4 rings (SSSR count). The lowest BCUT2D eigenvalue weighted by molar-refractivity contribution is 0.0793. The highest BCUT2D eigenvalue weighted by Gasteiger charge is 2.36. The first-order chi connectivity index (χ1) is 14.6. The van der Waals surface area contributed by atoms with Crippen LogP contribution < -0.4 is 0 Å². The number of carbonyl (C=O) groups is 1. The number of rotatable bonds is 4. The van der Waals surface area contributed by atoms with Crippen LogP contribution in [0.5, 0.6) is 0 Å². The van der Waals surface area contributed by atoms with Crippen LogP contribution in [0.15, 0.2) is 47.4 Å². The van der Waals surface area contributed by atoms with E-state index < -0.39 is 31.4 Å². The number of halogens is 2. The van der Waals surface area contributed by atoms with Crippen molar-refractivity contribution in [2.45, 2.75) is 29.5 Å². The van der Waals surface area contributed by atoms with E-state index in [1.807, 2.05) is 24.3 Å². The molecule has 1 unspecified atom stereocenters. The molecule has 0 saturated carbocycles. The van der Waals surface area contributed by atoms with Crippen LogP contribution in [-0.4, -0.2) is 56.8 Å². The molecule has 1 atom stereocenters. The Morgan fingerprint density at radius 2 is 1.74 bits per heavy atom. The van der Waals surface area contributed by atoms with Crippen LogP contribution in [0.2, 0.25) is 5.02 Å². The third-order valence-electron chi connectivity index (χ3n) is 5.73. The smallest absolute Gasteiger partial charge is 0.307 e. The van der Waals surface area contributed by atoms with Gasteiger partial charge in [0, 0.05) is 26.2 Å². The first kappa shape index (κ1) is 22.2. The fourth-order valence-corrected chi connectivity index (χ4v) is 6.35. The van der Waals surface area contributed by atoms with Gasteiger partial charge in [-0.25, -0.2) is 8.42 Å². The molecule has 0 radical (unpaired) electrons. The lowest BCUT2D eigenvalue weighted by Gasteiger charge is -2.28. The van der Waals surface area contributed by atoms with Gasteiger partial charge in [-0.3, -0.25) is 4.79 Å². The number of fused-ring (bicyclic) bond motifs is 1. The third-order valence-corrected chi connectivity index (χ3v) is 9.08. The number of hydrogen-bond donors (Lipinski definition) is 0. The largest absolute Gasteiger partial charge is 0.337 e. The molecule has 31 heavy (non-hydrogen) atoms. The first-order valence-corrected chi connectivity index (χ1v) is 12.9. The molecular weight excluding hydrogens is 467 g/mol. The van der Waals surface area contributed by atoms with Gasteiger partial charge in [0.25, 0.3) is 5.91 Å². The zero-order chi connectivity index (χ0) is 22.4. The molecule has 2 aromatic carbocycles. The van der Waals surface area contributed by atoms with Gasteiger partial charge in [0.1, 0.15) is 5.25 Å².